The Bertz CT molecular complexity index is 1100. The predicted octanol–water partition coefficient (Wildman–Crippen LogP) is 4.85. The molecule has 0 spiro atoms. The van der Waals surface area contributed by atoms with E-state index in [1.165, 1.54) is 0 Å². The lowest BCUT2D eigenvalue weighted by molar-refractivity contribution is 0.643. The van der Waals surface area contributed by atoms with E-state index in [0.717, 1.165) is 33.4 Å². The van der Waals surface area contributed by atoms with Crippen LogP contribution < -0.4 is 0 Å². The Kier molecular flexibility index (Phi) is 3.08. The molecule has 0 bridgehead atoms. The Hall–Kier alpha value is -3.14. The number of oxazole rings is 1. The second-order valence-electron chi connectivity index (χ2n) is 5.24. The van der Waals surface area contributed by atoms with Gasteiger partial charge in [-0.1, -0.05) is 24.3 Å². The minimum atomic E-state index is 0.601. The number of hydrogen-bond acceptors (Lipinski definition) is 3. The normalized spacial score (nSPS) is 12.8. The van der Waals surface area contributed by atoms with E-state index in [9.17, 15) is 0 Å². The number of nitrogens with zero attached hydrogens (tertiary/aromatic N) is 3. The lowest BCUT2D eigenvalue weighted by atomic mass is 10.1. The van der Waals surface area contributed by atoms with Crippen LogP contribution in [0.2, 0.25) is 0 Å². The second-order valence-corrected chi connectivity index (χ2v) is 5.24. The van der Waals surface area contributed by atoms with Crippen molar-refractivity contribution in [1.82, 2.24) is 9.38 Å². The van der Waals surface area contributed by atoms with Crippen molar-refractivity contribution < 1.29 is 4.42 Å². The molecular weight excluding hydrogens is 286 g/mol. The van der Waals surface area contributed by atoms with Gasteiger partial charge in [0, 0.05) is 5.56 Å². The molecular formula is C19H15N3O. The summed E-state index contributed by atoms with van der Waals surface area (Å²) < 4.78 is 7.89. The average molecular weight is 301 g/mol. The summed E-state index contributed by atoms with van der Waals surface area (Å²) in [5, 5.41) is 0. The largest absolute Gasteiger partial charge is 0.423 e. The van der Waals surface area contributed by atoms with Crippen LogP contribution in [-0.4, -0.2) is 16.1 Å². The van der Waals surface area contributed by atoms with Crippen molar-refractivity contribution in [2.45, 2.75) is 6.92 Å². The summed E-state index contributed by atoms with van der Waals surface area (Å²) in [6, 6.07) is 14.0. The minimum Gasteiger partial charge on any atom is -0.423 e. The summed E-state index contributed by atoms with van der Waals surface area (Å²) in [5.41, 5.74) is 5.54. The van der Waals surface area contributed by atoms with E-state index in [1.807, 2.05) is 66.0 Å². The molecule has 0 fully saturated rings. The van der Waals surface area contributed by atoms with Crippen molar-refractivity contribution in [2.75, 3.05) is 0 Å². The SMILES string of the molecule is C=N/C(=C\C=C/C)c1ccc2oc3nc4ccccc4n3c2c1. The standard InChI is InChI=1S/C19H15N3O/c1-3-4-7-14(20-2)13-10-11-18-17(12-13)22-16-9-6-5-8-15(16)21-19(22)23-18/h3-12H,2H2,1H3/b4-3-,14-7-. The van der Waals surface area contributed by atoms with Gasteiger partial charge >= 0.3 is 5.84 Å². The van der Waals surface area contributed by atoms with Gasteiger partial charge in [0.1, 0.15) is 0 Å². The van der Waals surface area contributed by atoms with Gasteiger partial charge in [-0.2, -0.15) is 4.98 Å². The Morgan fingerprint density at radius 3 is 2.91 bits per heavy atom. The van der Waals surface area contributed by atoms with Crippen LogP contribution in [-0.2, 0) is 0 Å². The maximum absolute atomic E-state index is 5.86. The van der Waals surface area contributed by atoms with Gasteiger partial charge in [-0.15, -0.1) is 0 Å². The quantitative estimate of drug-likeness (QED) is 0.401. The molecule has 4 rings (SSSR count). The topological polar surface area (TPSA) is 42.8 Å². The fraction of sp³-hybridized carbons (Fsp3) is 0.0526. The molecule has 0 amide bonds. The van der Waals surface area contributed by atoms with Gasteiger partial charge in [-0.05, 0) is 50.0 Å². The van der Waals surface area contributed by atoms with Crippen LogP contribution in [0.25, 0.3) is 33.7 Å². The van der Waals surface area contributed by atoms with Gasteiger partial charge in [0.05, 0.1) is 22.2 Å². The van der Waals surface area contributed by atoms with Crippen LogP contribution >= 0.6 is 0 Å². The number of imidazole rings is 1. The highest BCUT2D eigenvalue weighted by molar-refractivity contribution is 5.89. The molecule has 0 unspecified atom stereocenters. The van der Waals surface area contributed by atoms with Crippen molar-refractivity contribution in [3.63, 3.8) is 0 Å². The van der Waals surface area contributed by atoms with E-state index in [-0.39, 0.29) is 0 Å². The number of hydrogen-bond donors (Lipinski definition) is 0. The van der Waals surface area contributed by atoms with E-state index in [2.05, 4.69) is 22.8 Å². The molecule has 0 saturated carbocycles. The van der Waals surface area contributed by atoms with Crippen LogP contribution in [0, 0.1) is 0 Å². The Morgan fingerprint density at radius 2 is 2.09 bits per heavy atom. The number of para-hydroxylation sites is 2. The van der Waals surface area contributed by atoms with Gasteiger partial charge in [0.15, 0.2) is 5.58 Å². The third-order valence-electron chi connectivity index (χ3n) is 3.84. The Balaban J connectivity index is 2.03. The average Bonchev–Trinajstić information content (AvgIpc) is 3.11. The molecule has 0 aliphatic rings. The fourth-order valence-corrected chi connectivity index (χ4v) is 2.77. The summed E-state index contributed by atoms with van der Waals surface area (Å²) in [7, 11) is 0. The molecule has 0 atom stereocenters. The number of allylic oxidation sites excluding steroid dienone is 3. The summed E-state index contributed by atoms with van der Waals surface area (Å²) in [5.74, 6) is 0.601. The number of fused-ring (bicyclic) bond motifs is 5. The third kappa shape index (κ3) is 2.07. The van der Waals surface area contributed by atoms with Crippen LogP contribution in [0.3, 0.4) is 0 Å². The van der Waals surface area contributed by atoms with E-state index in [1.54, 1.807) is 0 Å². The van der Waals surface area contributed by atoms with Crippen LogP contribution in [0.15, 0.2) is 70.1 Å². The van der Waals surface area contributed by atoms with Gasteiger partial charge in [0.2, 0.25) is 0 Å². The highest BCUT2D eigenvalue weighted by Crippen LogP contribution is 2.28. The molecule has 4 heteroatoms. The smallest absolute Gasteiger partial charge is 0.307 e. The molecule has 2 heterocycles. The molecule has 0 N–H and O–H groups in total. The Morgan fingerprint density at radius 1 is 1.22 bits per heavy atom. The van der Waals surface area contributed by atoms with Crippen molar-refractivity contribution >= 4 is 40.4 Å². The lowest BCUT2D eigenvalue weighted by Crippen LogP contribution is -1.84. The molecule has 4 nitrogen and oxygen atoms in total. The minimum absolute atomic E-state index is 0.601. The van der Waals surface area contributed by atoms with Crippen molar-refractivity contribution in [2.24, 2.45) is 4.99 Å². The molecule has 23 heavy (non-hydrogen) atoms. The summed E-state index contributed by atoms with van der Waals surface area (Å²) in [6.07, 6.45) is 5.85. The maximum Gasteiger partial charge on any atom is 0.307 e. The highest BCUT2D eigenvalue weighted by Gasteiger charge is 2.13. The highest BCUT2D eigenvalue weighted by atomic mass is 16.4. The van der Waals surface area contributed by atoms with Crippen LogP contribution in [0.1, 0.15) is 12.5 Å². The lowest BCUT2D eigenvalue weighted by Gasteiger charge is -2.01. The molecule has 0 saturated heterocycles. The van der Waals surface area contributed by atoms with Crippen LogP contribution in [0.5, 0.6) is 0 Å². The monoisotopic (exact) mass is 301 g/mol. The molecule has 0 radical (unpaired) electrons. The van der Waals surface area contributed by atoms with Crippen molar-refractivity contribution in [3.8, 4) is 0 Å². The molecule has 0 aliphatic carbocycles. The molecule has 2 aromatic carbocycles. The number of rotatable bonds is 3. The first-order valence-corrected chi connectivity index (χ1v) is 7.41. The fourth-order valence-electron chi connectivity index (χ4n) is 2.77. The van der Waals surface area contributed by atoms with E-state index >= 15 is 0 Å². The second kappa shape index (κ2) is 5.25. The van der Waals surface area contributed by atoms with Gasteiger partial charge in [-0.25, -0.2) is 0 Å². The third-order valence-corrected chi connectivity index (χ3v) is 3.84. The zero-order valence-electron chi connectivity index (χ0n) is 12.7. The summed E-state index contributed by atoms with van der Waals surface area (Å²) in [6.45, 7) is 5.64. The van der Waals surface area contributed by atoms with Gasteiger partial charge in [-0.3, -0.25) is 9.39 Å². The summed E-state index contributed by atoms with van der Waals surface area (Å²) in [4.78, 5) is 8.65. The van der Waals surface area contributed by atoms with E-state index in [0.29, 0.717) is 5.84 Å². The first-order valence-electron chi connectivity index (χ1n) is 7.41. The molecule has 0 aliphatic heterocycles. The zero-order chi connectivity index (χ0) is 15.8. The zero-order valence-corrected chi connectivity index (χ0v) is 12.7. The Labute approximate surface area is 133 Å². The number of aliphatic imine (C=N–C) groups is 1. The first kappa shape index (κ1) is 13.5. The van der Waals surface area contributed by atoms with E-state index < -0.39 is 0 Å². The maximum atomic E-state index is 5.86. The van der Waals surface area contributed by atoms with Crippen molar-refractivity contribution in [3.05, 3.63) is 66.3 Å². The first-order chi connectivity index (χ1) is 11.3. The predicted molar refractivity (Wildman–Crippen MR) is 94.8 cm³/mol. The van der Waals surface area contributed by atoms with E-state index in [4.69, 9.17) is 4.42 Å². The molecule has 4 aromatic rings. The van der Waals surface area contributed by atoms with Gasteiger partial charge in [0.25, 0.3) is 0 Å². The molecule has 112 valence electrons. The van der Waals surface area contributed by atoms with Crippen molar-refractivity contribution in [1.29, 1.82) is 0 Å². The number of aromatic nitrogens is 2. The van der Waals surface area contributed by atoms with Gasteiger partial charge < -0.3 is 4.42 Å². The summed E-state index contributed by atoms with van der Waals surface area (Å²) >= 11 is 0. The number of benzene rings is 2. The molecule has 2 aromatic heterocycles. The van der Waals surface area contributed by atoms with Crippen LogP contribution in [0.4, 0.5) is 0 Å².